The van der Waals surface area contributed by atoms with Crippen LogP contribution in [0.1, 0.15) is 29.0 Å². The zero-order chi connectivity index (χ0) is 20.7. The maximum absolute atomic E-state index is 12.5. The van der Waals surface area contributed by atoms with Crippen molar-refractivity contribution in [1.29, 1.82) is 0 Å². The Kier molecular flexibility index (Phi) is 4.46. The Morgan fingerprint density at radius 1 is 1.10 bits per heavy atom. The number of rotatable bonds is 5. The Morgan fingerprint density at radius 3 is 2.77 bits per heavy atom. The summed E-state index contributed by atoms with van der Waals surface area (Å²) in [7, 11) is 3.20. The quantitative estimate of drug-likeness (QED) is 0.700. The van der Waals surface area contributed by atoms with E-state index in [2.05, 4.69) is 10.4 Å². The number of amides is 1. The lowest BCUT2D eigenvalue weighted by Crippen LogP contribution is -2.25. The van der Waals surface area contributed by atoms with E-state index < -0.39 is 0 Å². The lowest BCUT2D eigenvalue weighted by molar-refractivity contribution is -0.116. The number of aromatic nitrogens is 2. The number of nitrogens with zero attached hydrogens (tertiary/aromatic N) is 2. The van der Waals surface area contributed by atoms with Gasteiger partial charge in [-0.2, -0.15) is 5.10 Å². The molecule has 8 heteroatoms. The van der Waals surface area contributed by atoms with E-state index in [1.54, 1.807) is 18.9 Å². The van der Waals surface area contributed by atoms with Crippen LogP contribution in [0.25, 0.3) is 0 Å². The van der Waals surface area contributed by atoms with E-state index in [1.165, 1.54) is 0 Å². The van der Waals surface area contributed by atoms with Gasteiger partial charge in [0.25, 0.3) is 0 Å². The van der Waals surface area contributed by atoms with E-state index in [9.17, 15) is 4.79 Å². The van der Waals surface area contributed by atoms with Crippen molar-refractivity contribution in [1.82, 2.24) is 9.78 Å². The summed E-state index contributed by atoms with van der Waals surface area (Å²) < 4.78 is 23.4. The van der Waals surface area contributed by atoms with Gasteiger partial charge in [0.2, 0.25) is 12.7 Å². The normalized spacial score (nSPS) is 16.7. The zero-order valence-electron chi connectivity index (χ0n) is 16.7. The number of carbonyl (C=O) groups excluding carboxylic acids is 1. The highest BCUT2D eigenvalue weighted by atomic mass is 16.7. The Balaban J connectivity index is 1.48. The fourth-order valence-corrected chi connectivity index (χ4v) is 3.97. The molecule has 0 fully saturated rings. The first-order chi connectivity index (χ1) is 14.7. The maximum atomic E-state index is 12.5. The van der Waals surface area contributed by atoms with Crippen LogP contribution in [-0.2, 0) is 11.3 Å². The molecule has 5 rings (SSSR count). The number of carbonyl (C=O) groups is 1. The van der Waals surface area contributed by atoms with Crippen molar-refractivity contribution in [3.63, 3.8) is 0 Å². The third-order valence-corrected chi connectivity index (χ3v) is 5.47. The van der Waals surface area contributed by atoms with Crippen LogP contribution < -0.4 is 24.3 Å². The van der Waals surface area contributed by atoms with E-state index in [-0.39, 0.29) is 18.6 Å². The number of fused-ring (bicyclic) bond motifs is 2. The minimum Gasteiger partial charge on any atom is -0.493 e. The second-order valence-electron chi connectivity index (χ2n) is 7.21. The number of hydrogen-bond acceptors (Lipinski definition) is 6. The summed E-state index contributed by atoms with van der Waals surface area (Å²) >= 11 is 0. The molecule has 8 nitrogen and oxygen atoms in total. The number of anilines is 1. The fourth-order valence-electron chi connectivity index (χ4n) is 3.97. The first kappa shape index (κ1) is 18.4. The monoisotopic (exact) mass is 407 g/mol. The number of benzene rings is 2. The van der Waals surface area contributed by atoms with Crippen LogP contribution in [0.15, 0.2) is 42.6 Å². The molecule has 2 aromatic carbocycles. The number of nitrogens with one attached hydrogen (secondary N) is 1. The van der Waals surface area contributed by atoms with Gasteiger partial charge in [0.15, 0.2) is 23.0 Å². The highest BCUT2D eigenvalue weighted by Crippen LogP contribution is 2.40. The number of methoxy groups -OCH3 is 2. The predicted octanol–water partition coefficient (Wildman–Crippen LogP) is 3.15. The van der Waals surface area contributed by atoms with Crippen molar-refractivity contribution in [2.45, 2.75) is 18.9 Å². The maximum Gasteiger partial charge on any atom is 0.231 e. The molecule has 0 aliphatic carbocycles. The summed E-state index contributed by atoms with van der Waals surface area (Å²) in [6, 6.07) is 11.5. The molecule has 3 aromatic rings. The molecule has 154 valence electrons. The van der Waals surface area contributed by atoms with Gasteiger partial charge in [-0.15, -0.1) is 0 Å². The van der Waals surface area contributed by atoms with Crippen molar-refractivity contribution in [3.05, 3.63) is 59.3 Å². The standard InChI is InChI=1S/C22H21N3O5/c1-27-17-6-4-14(8-19(17)28-2)15-9-21(26)24-22-16(15)10-23-25(22)11-13-3-5-18-20(7-13)30-12-29-18/h3-8,10,15H,9,11-12H2,1-2H3,(H,24,26)/t15-/m0/s1. The minimum atomic E-state index is -0.112. The van der Waals surface area contributed by atoms with Crippen LogP contribution in [0.3, 0.4) is 0 Å². The molecule has 1 atom stereocenters. The van der Waals surface area contributed by atoms with Gasteiger partial charge in [-0.05, 0) is 35.4 Å². The van der Waals surface area contributed by atoms with Gasteiger partial charge >= 0.3 is 0 Å². The Morgan fingerprint density at radius 2 is 1.93 bits per heavy atom. The Labute approximate surface area is 173 Å². The molecule has 0 radical (unpaired) electrons. The summed E-state index contributed by atoms with van der Waals surface area (Å²) in [5.41, 5.74) is 2.96. The van der Waals surface area contributed by atoms with Crippen LogP contribution in [-0.4, -0.2) is 36.7 Å². The Bertz CT molecular complexity index is 1120. The molecule has 2 aliphatic heterocycles. The molecule has 30 heavy (non-hydrogen) atoms. The third-order valence-electron chi connectivity index (χ3n) is 5.47. The predicted molar refractivity (Wildman–Crippen MR) is 109 cm³/mol. The summed E-state index contributed by atoms with van der Waals surface area (Å²) in [6.45, 7) is 0.740. The zero-order valence-corrected chi connectivity index (χ0v) is 16.7. The molecule has 1 amide bonds. The van der Waals surface area contributed by atoms with Crippen molar-refractivity contribution in [2.24, 2.45) is 0 Å². The number of ether oxygens (including phenoxy) is 4. The van der Waals surface area contributed by atoms with Crippen LogP contribution in [0.4, 0.5) is 5.82 Å². The lowest BCUT2D eigenvalue weighted by Gasteiger charge is -2.24. The van der Waals surface area contributed by atoms with Crippen molar-refractivity contribution < 1.29 is 23.7 Å². The SMILES string of the molecule is COc1ccc([C@@H]2CC(=O)Nc3c2cnn3Cc2ccc3c(c2)OCO3)cc1OC. The van der Waals surface area contributed by atoms with Crippen LogP contribution in [0, 0.1) is 0 Å². The molecule has 0 unspecified atom stereocenters. The van der Waals surface area contributed by atoms with Crippen LogP contribution in [0.5, 0.6) is 23.0 Å². The first-order valence-corrected chi connectivity index (χ1v) is 9.62. The van der Waals surface area contributed by atoms with Crippen molar-refractivity contribution in [2.75, 3.05) is 26.3 Å². The molecule has 1 N–H and O–H groups in total. The smallest absolute Gasteiger partial charge is 0.231 e. The summed E-state index contributed by atoms with van der Waals surface area (Å²) in [5, 5.41) is 7.53. The third kappa shape index (κ3) is 3.10. The molecule has 0 saturated carbocycles. The van der Waals surface area contributed by atoms with Crippen LogP contribution in [0.2, 0.25) is 0 Å². The molecular formula is C22H21N3O5. The topological polar surface area (TPSA) is 83.8 Å². The summed E-state index contributed by atoms with van der Waals surface area (Å²) in [5.74, 6) is 3.30. The average molecular weight is 407 g/mol. The number of hydrogen-bond donors (Lipinski definition) is 1. The van der Waals surface area contributed by atoms with E-state index in [4.69, 9.17) is 18.9 Å². The fraction of sp³-hybridized carbons (Fsp3) is 0.273. The second kappa shape index (κ2) is 7.29. The van der Waals surface area contributed by atoms with Gasteiger partial charge in [-0.1, -0.05) is 12.1 Å². The van der Waals surface area contributed by atoms with Gasteiger partial charge in [0, 0.05) is 17.9 Å². The highest BCUT2D eigenvalue weighted by Gasteiger charge is 2.30. The van der Waals surface area contributed by atoms with Crippen molar-refractivity contribution >= 4 is 11.7 Å². The molecule has 3 heterocycles. The van der Waals surface area contributed by atoms with Gasteiger partial charge in [0.05, 0.1) is 27.0 Å². The summed E-state index contributed by atoms with van der Waals surface area (Å²) in [6.07, 6.45) is 2.17. The van der Waals surface area contributed by atoms with Crippen molar-refractivity contribution in [3.8, 4) is 23.0 Å². The largest absolute Gasteiger partial charge is 0.493 e. The van der Waals surface area contributed by atoms with Gasteiger partial charge < -0.3 is 24.3 Å². The van der Waals surface area contributed by atoms with E-state index in [0.29, 0.717) is 30.3 Å². The van der Waals surface area contributed by atoms with Gasteiger partial charge in [-0.25, -0.2) is 4.68 Å². The minimum absolute atomic E-state index is 0.0466. The molecule has 0 bridgehead atoms. The van der Waals surface area contributed by atoms with E-state index in [1.807, 2.05) is 42.6 Å². The lowest BCUT2D eigenvalue weighted by atomic mass is 9.87. The first-order valence-electron chi connectivity index (χ1n) is 9.62. The van der Waals surface area contributed by atoms with Gasteiger partial charge in [0.1, 0.15) is 5.82 Å². The van der Waals surface area contributed by atoms with Gasteiger partial charge in [-0.3, -0.25) is 4.79 Å². The Hall–Kier alpha value is -3.68. The molecule has 2 aliphatic rings. The van der Waals surface area contributed by atoms with Crippen LogP contribution >= 0.6 is 0 Å². The summed E-state index contributed by atoms with van der Waals surface area (Å²) in [4.78, 5) is 12.5. The van der Waals surface area contributed by atoms with E-state index in [0.717, 1.165) is 28.2 Å². The molecule has 1 aromatic heterocycles. The van der Waals surface area contributed by atoms with E-state index >= 15 is 0 Å². The second-order valence-corrected chi connectivity index (χ2v) is 7.21. The highest BCUT2D eigenvalue weighted by molar-refractivity contribution is 5.94. The molecule has 0 spiro atoms. The average Bonchev–Trinajstić information content (AvgIpc) is 3.39. The molecule has 0 saturated heterocycles. The molecular weight excluding hydrogens is 386 g/mol.